The molecule has 5 nitrogen and oxygen atoms in total. The van der Waals surface area contributed by atoms with Crippen molar-refractivity contribution in [2.24, 2.45) is 0 Å². The highest BCUT2D eigenvalue weighted by Gasteiger charge is 2.21. The van der Waals surface area contributed by atoms with Crippen LogP contribution in [-0.4, -0.2) is 28.5 Å². The second-order valence-corrected chi connectivity index (χ2v) is 6.73. The molecular formula is C18H13F3N2O3S. The van der Waals surface area contributed by atoms with Crippen LogP contribution in [0.3, 0.4) is 0 Å². The average molecular weight is 394 g/mol. The van der Waals surface area contributed by atoms with Crippen LogP contribution in [-0.2, 0) is 16.0 Å². The smallest absolute Gasteiger partial charge is 0.323 e. The van der Waals surface area contributed by atoms with Gasteiger partial charge in [0, 0.05) is 24.6 Å². The van der Waals surface area contributed by atoms with Crippen LogP contribution >= 0.6 is 11.3 Å². The van der Waals surface area contributed by atoms with Gasteiger partial charge in [-0.05, 0) is 12.1 Å². The number of hydrogen-bond donors (Lipinski definition) is 1. The summed E-state index contributed by atoms with van der Waals surface area (Å²) in [7, 11) is 0. The lowest BCUT2D eigenvalue weighted by Crippen LogP contribution is -2.35. The maximum Gasteiger partial charge on any atom is 0.323 e. The van der Waals surface area contributed by atoms with Crippen molar-refractivity contribution in [1.82, 2.24) is 4.98 Å². The number of fused-ring (bicyclic) bond motifs is 1. The van der Waals surface area contributed by atoms with Gasteiger partial charge in [-0.25, -0.2) is 18.2 Å². The summed E-state index contributed by atoms with van der Waals surface area (Å²) in [5.41, 5.74) is 0.0127. The number of hydrogen-bond acceptors (Lipinski definition) is 4. The van der Waals surface area contributed by atoms with Gasteiger partial charge in [0.25, 0.3) is 0 Å². The fourth-order valence-corrected chi connectivity index (χ4v) is 3.52. The molecule has 27 heavy (non-hydrogen) atoms. The van der Waals surface area contributed by atoms with Gasteiger partial charge in [-0.1, -0.05) is 18.2 Å². The molecule has 0 aliphatic heterocycles. The molecule has 3 aromatic rings. The minimum absolute atomic E-state index is 0.0433. The Kier molecular flexibility index (Phi) is 5.41. The van der Waals surface area contributed by atoms with Crippen LogP contribution in [0.2, 0.25) is 0 Å². The van der Waals surface area contributed by atoms with E-state index < -0.39 is 41.4 Å². The van der Waals surface area contributed by atoms with Gasteiger partial charge in [0.15, 0.2) is 11.6 Å². The molecule has 0 saturated carbocycles. The van der Waals surface area contributed by atoms with E-state index in [1.165, 1.54) is 0 Å². The quantitative estimate of drug-likeness (QED) is 0.647. The highest BCUT2D eigenvalue weighted by molar-refractivity contribution is 7.18. The van der Waals surface area contributed by atoms with Crippen LogP contribution in [0.4, 0.5) is 18.9 Å². The summed E-state index contributed by atoms with van der Waals surface area (Å²) < 4.78 is 40.7. The van der Waals surface area contributed by atoms with Crippen LogP contribution in [0.25, 0.3) is 10.2 Å². The summed E-state index contributed by atoms with van der Waals surface area (Å²) in [5.74, 6) is -5.14. The van der Waals surface area contributed by atoms with E-state index in [4.69, 9.17) is 5.11 Å². The molecule has 140 valence electrons. The Hall–Kier alpha value is -2.94. The Balaban J connectivity index is 1.79. The van der Waals surface area contributed by atoms with Crippen LogP contribution in [0.1, 0.15) is 11.4 Å². The van der Waals surface area contributed by atoms with Crippen molar-refractivity contribution in [1.29, 1.82) is 0 Å². The summed E-state index contributed by atoms with van der Waals surface area (Å²) in [5, 5.41) is 9.29. The van der Waals surface area contributed by atoms with Crippen molar-refractivity contribution in [3.63, 3.8) is 0 Å². The summed E-state index contributed by atoms with van der Waals surface area (Å²) in [6.45, 7) is -0.517. The zero-order valence-electron chi connectivity index (χ0n) is 13.8. The van der Waals surface area contributed by atoms with Crippen molar-refractivity contribution in [3.05, 3.63) is 58.9 Å². The van der Waals surface area contributed by atoms with E-state index in [-0.39, 0.29) is 22.5 Å². The number of carbonyl (C=O) groups excluding carboxylic acids is 1. The fraction of sp³-hybridized carbons (Fsp3) is 0.167. The Morgan fingerprint density at radius 3 is 2.48 bits per heavy atom. The number of benzene rings is 2. The predicted molar refractivity (Wildman–Crippen MR) is 94.2 cm³/mol. The van der Waals surface area contributed by atoms with E-state index in [9.17, 15) is 22.8 Å². The van der Waals surface area contributed by atoms with Gasteiger partial charge in [-0.2, -0.15) is 0 Å². The number of thiazole rings is 1. The highest BCUT2D eigenvalue weighted by Crippen LogP contribution is 2.29. The van der Waals surface area contributed by atoms with Crippen molar-refractivity contribution in [2.75, 3.05) is 11.4 Å². The molecular weight excluding hydrogens is 381 g/mol. The molecule has 0 unspecified atom stereocenters. The maximum atomic E-state index is 13.8. The molecule has 1 heterocycles. The SMILES string of the molecule is O=C(O)CN(C(=O)CCc1nc2c(F)c(F)cc(F)c2s1)c1ccccc1. The van der Waals surface area contributed by atoms with Gasteiger partial charge in [0.1, 0.15) is 17.9 Å². The number of carbonyl (C=O) groups is 2. The van der Waals surface area contributed by atoms with Gasteiger partial charge in [0.05, 0.1) is 9.71 Å². The standard InChI is InChI=1S/C18H13F3N2O3S/c19-11-8-12(20)18-17(16(11)21)22-13(27-18)6-7-14(24)23(9-15(25)26)10-4-2-1-3-5-10/h1-5,8H,6-7,9H2,(H,25,26). The molecule has 0 aliphatic rings. The number of carboxylic acids is 1. The van der Waals surface area contributed by atoms with Crippen molar-refractivity contribution in [3.8, 4) is 0 Å². The molecule has 1 N–H and O–H groups in total. The number of anilines is 1. The summed E-state index contributed by atoms with van der Waals surface area (Å²) in [6, 6.07) is 8.74. The summed E-state index contributed by atoms with van der Waals surface area (Å²) in [6.07, 6.45) is -0.0741. The first-order chi connectivity index (χ1) is 12.9. The number of aromatic nitrogens is 1. The Morgan fingerprint density at radius 1 is 1.11 bits per heavy atom. The Morgan fingerprint density at radius 2 is 1.81 bits per heavy atom. The van der Waals surface area contributed by atoms with Crippen LogP contribution in [0, 0.1) is 17.5 Å². The summed E-state index contributed by atoms with van der Waals surface area (Å²) in [4.78, 5) is 28.5. The molecule has 9 heteroatoms. The van der Waals surface area contributed by atoms with E-state index in [1.807, 2.05) is 0 Å². The van der Waals surface area contributed by atoms with Crippen molar-refractivity contribution >= 4 is 39.1 Å². The van der Waals surface area contributed by atoms with E-state index >= 15 is 0 Å². The molecule has 0 fully saturated rings. The molecule has 1 aromatic heterocycles. The highest BCUT2D eigenvalue weighted by atomic mass is 32.1. The minimum Gasteiger partial charge on any atom is -0.480 e. The number of aryl methyl sites for hydroxylation is 1. The van der Waals surface area contributed by atoms with Gasteiger partial charge >= 0.3 is 5.97 Å². The number of nitrogens with zero attached hydrogens (tertiary/aromatic N) is 2. The number of aliphatic carboxylic acids is 1. The van der Waals surface area contributed by atoms with Gasteiger partial charge in [-0.3, -0.25) is 9.59 Å². The molecule has 0 bridgehead atoms. The van der Waals surface area contributed by atoms with Crippen molar-refractivity contribution in [2.45, 2.75) is 12.8 Å². The molecule has 0 spiro atoms. The minimum atomic E-state index is -1.33. The third-order valence-electron chi connectivity index (χ3n) is 3.77. The molecule has 0 saturated heterocycles. The Bertz CT molecular complexity index is 1010. The normalized spacial score (nSPS) is 10.9. The topological polar surface area (TPSA) is 70.5 Å². The second kappa shape index (κ2) is 7.75. The first kappa shape index (κ1) is 18.8. The maximum absolute atomic E-state index is 13.8. The first-order valence-corrected chi connectivity index (χ1v) is 8.68. The molecule has 3 rings (SSSR count). The number of halogens is 3. The lowest BCUT2D eigenvalue weighted by atomic mass is 10.2. The summed E-state index contributed by atoms with van der Waals surface area (Å²) >= 11 is 0.830. The van der Waals surface area contributed by atoms with E-state index in [0.29, 0.717) is 11.8 Å². The average Bonchev–Trinajstić information content (AvgIpc) is 3.08. The molecule has 2 aromatic carbocycles. The lowest BCUT2D eigenvalue weighted by Gasteiger charge is -2.20. The van der Waals surface area contributed by atoms with E-state index in [1.54, 1.807) is 30.3 Å². The van der Waals surface area contributed by atoms with Crippen LogP contribution < -0.4 is 4.90 Å². The molecule has 1 amide bonds. The number of para-hydroxylation sites is 1. The van der Waals surface area contributed by atoms with Gasteiger partial charge < -0.3 is 10.0 Å². The third-order valence-corrected chi connectivity index (χ3v) is 4.90. The zero-order valence-corrected chi connectivity index (χ0v) is 14.6. The Labute approximate surface area is 155 Å². The van der Waals surface area contributed by atoms with Crippen LogP contribution in [0.5, 0.6) is 0 Å². The van der Waals surface area contributed by atoms with Gasteiger partial charge in [0.2, 0.25) is 5.91 Å². The van der Waals surface area contributed by atoms with Gasteiger partial charge in [-0.15, -0.1) is 11.3 Å². The fourth-order valence-electron chi connectivity index (χ4n) is 2.55. The number of amides is 1. The van der Waals surface area contributed by atoms with Crippen LogP contribution in [0.15, 0.2) is 36.4 Å². The third kappa shape index (κ3) is 4.08. The first-order valence-electron chi connectivity index (χ1n) is 7.87. The lowest BCUT2D eigenvalue weighted by molar-refractivity contribution is -0.136. The number of rotatable bonds is 6. The second-order valence-electron chi connectivity index (χ2n) is 5.65. The number of carboxylic acid groups (broad SMARTS) is 1. The monoisotopic (exact) mass is 394 g/mol. The molecule has 0 aliphatic carbocycles. The molecule has 0 atom stereocenters. The predicted octanol–water partition coefficient (Wildman–Crippen LogP) is 3.76. The molecule has 0 radical (unpaired) electrons. The van der Waals surface area contributed by atoms with Crippen molar-refractivity contribution < 1.29 is 27.9 Å². The van der Waals surface area contributed by atoms with E-state index in [0.717, 1.165) is 16.2 Å². The zero-order chi connectivity index (χ0) is 19.6. The largest absolute Gasteiger partial charge is 0.480 e. The van der Waals surface area contributed by atoms with E-state index in [2.05, 4.69) is 4.98 Å².